The Bertz CT molecular complexity index is 430. The molecule has 3 atom stereocenters. The minimum absolute atomic E-state index is 0.0373. The van der Waals surface area contributed by atoms with Crippen molar-refractivity contribution in [1.29, 1.82) is 0 Å². The summed E-state index contributed by atoms with van der Waals surface area (Å²) in [6, 6.07) is 3.55. The maximum atomic E-state index is 9.83. The van der Waals surface area contributed by atoms with Gasteiger partial charge in [-0.1, -0.05) is 6.92 Å². The van der Waals surface area contributed by atoms with Gasteiger partial charge in [0.15, 0.2) is 11.5 Å². The predicted octanol–water partition coefficient (Wildman–Crippen LogP) is 1.28. The molecule has 0 spiro atoms. The number of rotatable bonds is 3. The number of methoxy groups -OCH3 is 1. The van der Waals surface area contributed by atoms with E-state index in [0.717, 1.165) is 11.1 Å². The van der Waals surface area contributed by atoms with Crippen molar-refractivity contribution in [2.75, 3.05) is 20.3 Å². The summed E-state index contributed by atoms with van der Waals surface area (Å²) < 4.78 is 5.11. The third-order valence-corrected chi connectivity index (χ3v) is 4.11. The van der Waals surface area contributed by atoms with Crippen molar-refractivity contribution in [3.8, 4) is 11.5 Å². The van der Waals surface area contributed by atoms with Crippen LogP contribution in [0.5, 0.6) is 11.5 Å². The number of phenolic OH excluding ortho intramolecular Hbond substituents is 1. The van der Waals surface area contributed by atoms with Gasteiger partial charge in [0.2, 0.25) is 0 Å². The lowest BCUT2D eigenvalue weighted by molar-refractivity contribution is 0.0967. The first-order valence-corrected chi connectivity index (χ1v) is 6.23. The lowest BCUT2D eigenvalue weighted by Gasteiger charge is -2.36. The highest BCUT2D eigenvalue weighted by Crippen LogP contribution is 2.43. The lowest BCUT2D eigenvalue weighted by atomic mass is 9.70. The second-order valence-corrected chi connectivity index (χ2v) is 5.00. The lowest BCUT2D eigenvalue weighted by Crippen LogP contribution is -2.33. The van der Waals surface area contributed by atoms with Crippen LogP contribution in [0.4, 0.5) is 0 Å². The van der Waals surface area contributed by atoms with Gasteiger partial charge in [0, 0.05) is 13.2 Å². The molecule has 0 bridgehead atoms. The zero-order chi connectivity index (χ0) is 13.3. The second kappa shape index (κ2) is 5.16. The van der Waals surface area contributed by atoms with Gasteiger partial charge in [0.05, 0.1) is 7.11 Å². The number of fused-ring (bicyclic) bond motifs is 1. The summed E-state index contributed by atoms with van der Waals surface area (Å²) in [7, 11) is 1.52. The van der Waals surface area contributed by atoms with E-state index in [-0.39, 0.29) is 36.7 Å². The van der Waals surface area contributed by atoms with E-state index >= 15 is 0 Å². The fourth-order valence-electron chi connectivity index (χ4n) is 2.97. The summed E-state index contributed by atoms with van der Waals surface area (Å²) in [6.07, 6.45) is 0.706. The summed E-state index contributed by atoms with van der Waals surface area (Å²) in [6.45, 7) is 2.14. The fourth-order valence-corrected chi connectivity index (χ4v) is 2.97. The van der Waals surface area contributed by atoms with E-state index in [0.29, 0.717) is 12.2 Å². The van der Waals surface area contributed by atoms with Crippen LogP contribution in [0.2, 0.25) is 0 Å². The monoisotopic (exact) mass is 252 g/mol. The molecule has 0 amide bonds. The molecule has 1 aromatic rings. The summed E-state index contributed by atoms with van der Waals surface area (Å²) in [4.78, 5) is 0. The Balaban J connectivity index is 2.45. The molecule has 0 saturated heterocycles. The average Bonchev–Trinajstić information content (AvgIpc) is 2.38. The van der Waals surface area contributed by atoms with Crippen molar-refractivity contribution in [2.45, 2.75) is 19.3 Å². The first-order valence-electron chi connectivity index (χ1n) is 6.23. The molecule has 0 aliphatic heterocycles. The fraction of sp³-hybridized carbons (Fsp3) is 0.571. The molecule has 1 aromatic carbocycles. The summed E-state index contributed by atoms with van der Waals surface area (Å²) >= 11 is 0. The molecule has 0 fully saturated rings. The standard InChI is InChI=1S/C14H20O4/c1-8-11-5-13(17)14(18-2)4-9(11)3-10(6-15)12(8)7-16/h4-5,8,10,12,15-17H,3,6-7H2,1-2H3. The molecular formula is C14H20O4. The number of benzene rings is 1. The smallest absolute Gasteiger partial charge is 0.160 e. The third-order valence-electron chi connectivity index (χ3n) is 4.11. The van der Waals surface area contributed by atoms with Crippen LogP contribution in [0.15, 0.2) is 12.1 Å². The molecular weight excluding hydrogens is 232 g/mol. The van der Waals surface area contributed by atoms with Gasteiger partial charge in [-0.3, -0.25) is 0 Å². The van der Waals surface area contributed by atoms with Crippen LogP contribution in [0.1, 0.15) is 24.0 Å². The Morgan fingerprint density at radius 2 is 2.00 bits per heavy atom. The highest BCUT2D eigenvalue weighted by Gasteiger charge is 2.34. The molecule has 0 heterocycles. The van der Waals surface area contributed by atoms with Crippen LogP contribution >= 0.6 is 0 Å². The first kappa shape index (κ1) is 13.2. The third kappa shape index (κ3) is 2.06. The maximum Gasteiger partial charge on any atom is 0.160 e. The molecule has 4 heteroatoms. The Kier molecular flexibility index (Phi) is 3.78. The summed E-state index contributed by atoms with van der Waals surface area (Å²) in [5, 5.41) is 28.7. The average molecular weight is 252 g/mol. The molecule has 1 aliphatic carbocycles. The van der Waals surface area contributed by atoms with Crippen LogP contribution in [-0.4, -0.2) is 35.6 Å². The van der Waals surface area contributed by atoms with Crippen molar-refractivity contribution in [3.05, 3.63) is 23.3 Å². The zero-order valence-electron chi connectivity index (χ0n) is 10.8. The van der Waals surface area contributed by atoms with Crippen molar-refractivity contribution in [1.82, 2.24) is 0 Å². The Morgan fingerprint density at radius 1 is 1.28 bits per heavy atom. The minimum atomic E-state index is 0.0373. The van der Waals surface area contributed by atoms with E-state index in [1.165, 1.54) is 7.11 Å². The minimum Gasteiger partial charge on any atom is -0.504 e. The van der Waals surface area contributed by atoms with E-state index in [1.54, 1.807) is 6.07 Å². The van der Waals surface area contributed by atoms with E-state index in [2.05, 4.69) is 0 Å². The normalized spacial score (nSPS) is 26.8. The summed E-state index contributed by atoms with van der Waals surface area (Å²) in [5.74, 6) is 0.803. The van der Waals surface area contributed by atoms with Gasteiger partial charge in [-0.2, -0.15) is 0 Å². The maximum absolute atomic E-state index is 9.83. The zero-order valence-corrected chi connectivity index (χ0v) is 10.8. The van der Waals surface area contributed by atoms with Crippen molar-refractivity contribution >= 4 is 0 Å². The predicted molar refractivity (Wildman–Crippen MR) is 67.9 cm³/mol. The van der Waals surface area contributed by atoms with Crippen molar-refractivity contribution < 1.29 is 20.1 Å². The second-order valence-electron chi connectivity index (χ2n) is 5.00. The highest BCUT2D eigenvalue weighted by atomic mass is 16.5. The number of ether oxygens (including phenoxy) is 1. The first-order chi connectivity index (χ1) is 8.62. The quantitative estimate of drug-likeness (QED) is 0.758. The highest BCUT2D eigenvalue weighted by molar-refractivity contribution is 5.49. The van der Waals surface area contributed by atoms with Crippen LogP contribution < -0.4 is 4.74 Å². The van der Waals surface area contributed by atoms with Crippen LogP contribution in [-0.2, 0) is 6.42 Å². The van der Waals surface area contributed by atoms with Gasteiger partial charge >= 0.3 is 0 Å². The number of aromatic hydroxyl groups is 1. The number of hydrogen-bond donors (Lipinski definition) is 3. The Morgan fingerprint density at radius 3 is 2.56 bits per heavy atom. The Hall–Kier alpha value is -1.26. The molecule has 2 rings (SSSR count). The number of phenols is 1. The topological polar surface area (TPSA) is 69.9 Å². The molecule has 4 nitrogen and oxygen atoms in total. The van der Waals surface area contributed by atoms with Gasteiger partial charge in [0.1, 0.15) is 0 Å². The number of aliphatic hydroxyl groups is 2. The molecule has 3 unspecified atom stereocenters. The van der Waals surface area contributed by atoms with Gasteiger partial charge < -0.3 is 20.1 Å². The molecule has 3 N–H and O–H groups in total. The molecule has 1 aliphatic rings. The van der Waals surface area contributed by atoms with Gasteiger partial charge in [0.25, 0.3) is 0 Å². The molecule has 18 heavy (non-hydrogen) atoms. The molecule has 0 radical (unpaired) electrons. The number of aliphatic hydroxyl groups excluding tert-OH is 2. The van der Waals surface area contributed by atoms with E-state index in [4.69, 9.17) is 4.74 Å². The van der Waals surface area contributed by atoms with E-state index in [1.807, 2.05) is 13.0 Å². The number of hydrogen-bond acceptors (Lipinski definition) is 4. The molecule has 0 saturated carbocycles. The van der Waals surface area contributed by atoms with E-state index < -0.39 is 0 Å². The molecule has 100 valence electrons. The van der Waals surface area contributed by atoms with Crippen molar-refractivity contribution in [2.24, 2.45) is 11.8 Å². The van der Waals surface area contributed by atoms with Gasteiger partial charge in [-0.05, 0) is 47.4 Å². The summed E-state index contributed by atoms with van der Waals surface area (Å²) in [5.41, 5.74) is 2.12. The van der Waals surface area contributed by atoms with Crippen LogP contribution in [0, 0.1) is 11.8 Å². The van der Waals surface area contributed by atoms with E-state index in [9.17, 15) is 15.3 Å². The van der Waals surface area contributed by atoms with Crippen molar-refractivity contribution in [3.63, 3.8) is 0 Å². The van der Waals surface area contributed by atoms with Crippen LogP contribution in [0.25, 0.3) is 0 Å². The Labute approximate surface area is 107 Å². The van der Waals surface area contributed by atoms with Gasteiger partial charge in [-0.25, -0.2) is 0 Å². The van der Waals surface area contributed by atoms with Crippen LogP contribution in [0.3, 0.4) is 0 Å². The largest absolute Gasteiger partial charge is 0.504 e. The van der Waals surface area contributed by atoms with Gasteiger partial charge in [-0.15, -0.1) is 0 Å². The molecule has 0 aromatic heterocycles. The SMILES string of the molecule is COc1cc2c(cc1O)C(C)C(CO)C(CO)C2.